The van der Waals surface area contributed by atoms with E-state index in [2.05, 4.69) is 26.2 Å². The quantitative estimate of drug-likeness (QED) is 0.699. The first-order valence-electron chi connectivity index (χ1n) is 11.6. The molecular formula is C25H30N6O2. The molecule has 172 valence electrons. The minimum atomic E-state index is -0.00829. The monoisotopic (exact) mass is 446 g/mol. The molecule has 2 fully saturated rings. The Bertz CT molecular complexity index is 1030. The van der Waals surface area contributed by atoms with Crippen molar-refractivity contribution in [2.45, 2.75) is 32.4 Å². The van der Waals surface area contributed by atoms with Crippen LogP contribution in [0.15, 0.2) is 42.6 Å². The smallest absolute Gasteiger partial charge is 0.234 e. The number of rotatable bonds is 7. The lowest BCUT2D eigenvalue weighted by atomic mass is 10.1. The van der Waals surface area contributed by atoms with Gasteiger partial charge in [-0.25, -0.2) is 4.98 Å². The second-order valence-corrected chi connectivity index (χ2v) is 8.57. The van der Waals surface area contributed by atoms with Crippen LogP contribution in [0.1, 0.15) is 36.0 Å². The van der Waals surface area contributed by atoms with Gasteiger partial charge in [0.15, 0.2) is 0 Å². The SMILES string of the molecule is N#Cc1cccnc1N1CCCN(CC(=O)NCc2ccccc2CN2CCCC2=O)CC1. The number of pyridine rings is 1. The third-order valence-electron chi connectivity index (χ3n) is 6.29. The van der Waals surface area contributed by atoms with E-state index >= 15 is 0 Å². The molecule has 2 aliphatic rings. The van der Waals surface area contributed by atoms with Crippen LogP contribution in [0.5, 0.6) is 0 Å². The van der Waals surface area contributed by atoms with E-state index in [1.807, 2.05) is 29.2 Å². The fraction of sp³-hybridized carbons (Fsp3) is 0.440. The lowest BCUT2D eigenvalue weighted by molar-refractivity contribution is -0.128. The predicted octanol–water partition coefficient (Wildman–Crippen LogP) is 1.90. The van der Waals surface area contributed by atoms with Crippen LogP contribution in [0.25, 0.3) is 0 Å². The number of aromatic nitrogens is 1. The van der Waals surface area contributed by atoms with Gasteiger partial charge in [0.05, 0.1) is 12.1 Å². The summed E-state index contributed by atoms with van der Waals surface area (Å²) in [6.07, 6.45) is 4.17. The molecule has 0 saturated carbocycles. The maximum absolute atomic E-state index is 12.7. The molecule has 2 aliphatic heterocycles. The number of benzene rings is 1. The van der Waals surface area contributed by atoms with Gasteiger partial charge in [-0.2, -0.15) is 5.26 Å². The van der Waals surface area contributed by atoms with E-state index in [0.29, 0.717) is 31.6 Å². The zero-order valence-corrected chi connectivity index (χ0v) is 18.9. The molecule has 0 bridgehead atoms. The first-order chi connectivity index (χ1) is 16.1. The molecule has 33 heavy (non-hydrogen) atoms. The van der Waals surface area contributed by atoms with Gasteiger partial charge in [-0.1, -0.05) is 24.3 Å². The number of carbonyl (C=O) groups is 2. The first-order valence-corrected chi connectivity index (χ1v) is 11.6. The van der Waals surface area contributed by atoms with Crippen molar-refractivity contribution in [3.63, 3.8) is 0 Å². The molecule has 2 aromatic rings. The number of nitrogens with one attached hydrogen (secondary N) is 1. The average molecular weight is 447 g/mol. The maximum Gasteiger partial charge on any atom is 0.234 e. The molecule has 0 spiro atoms. The van der Waals surface area contributed by atoms with E-state index < -0.39 is 0 Å². The fourth-order valence-corrected chi connectivity index (χ4v) is 4.49. The highest BCUT2D eigenvalue weighted by atomic mass is 16.2. The van der Waals surface area contributed by atoms with Crippen molar-refractivity contribution in [1.82, 2.24) is 20.1 Å². The molecule has 0 radical (unpaired) electrons. The van der Waals surface area contributed by atoms with E-state index in [9.17, 15) is 14.9 Å². The Morgan fingerprint density at radius 3 is 2.67 bits per heavy atom. The van der Waals surface area contributed by atoms with Crippen LogP contribution in [0.2, 0.25) is 0 Å². The Kier molecular flexibility index (Phi) is 7.53. The van der Waals surface area contributed by atoms with Crippen molar-refractivity contribution in [3.05, 3.63) is 59.3 Å². The molecule has 2 saturated heterocycles. The van der Waals surface area contributed by atoms with E-state index in [1.54, 1.807) is 18.3 Å². The minimum absolute atomic E-state index is 0.00829. The highest BCUT2D eigenvalue weighted by Gasteiger charge is 2.22. The second-order valence-electron chi connectivity index (χ2n) is 8.57. The number of nitriles is 1. The van der Waals surface area contributed by atoms with Gasteiger partial charge in [-0.05, 0) is 36.1 Å². The van der Waals surface area contributed by atoms with Gasteiger partial charge in [0, 0.05) is 58.4 Å². The molecule has 0 unspecified atom stereocenters. The summed E-state index contributed by atoms with van der Waals surface area (Å²) in [5, 5.41) is 12.4. The highest BCUT2D eigenvalue weighted by Crippen LogP contribution is 2.19. The molecule has 1 aromatic heterocycles. The Labute approximate surface area is 194 Å². The van der Waals surface area contributed by atoms with Crippen molar-refractivity contribution < 1.29 is 9.59 Å². The van der Waals surface area contributed by atoms with Gasteiger partial charge in [0.2, 0.25) is 11.8 Å². The molecule has 2 amide bonds. The predicted molar refractivity (Wildman–Crippen MR) is 125 cm³/mol. The van der Waals surface area contributed by atoms with Crippen molar-refractivity contribution >= 4 is 17.6 Å². The summed E-state index contributed by atoms with van der Waals surface area (Å²) < 4.78 is 0. The Morgan fingerprint density at radius 2 is 1.88 bits per heavy atom. The first kappa shape index (κ1) is 22.7. The van der Waals surface area contributed by atoms with Crippen LogP contribution >= 0.6 is 0 Å². The highest BCUT2D eigenvalue weighted by molar-refractivity contribution is 5.78. The number of nitrogens with zero attached hydrogens (tertiary/aromatic N) is 5. The summed E-state index contributed by atoms with van der Waals surface area (Å²) in [7, 11) is 0. The average Bonchev–Trinajstić information content (AvgIpc) is 3.10. The number of hydrogen-bond donors (Lipinski definition) is 1. The fourth-order valence-electron chi connectivity index (χ4n) is 4.49. The van der Waals surface area contributed by atoms with Gasteiger partial charge >= 0.3 is 0 Å². The number of anilines is 1. The molecule has 4 rings (SSSR count). The molecule has 0 atom stereocenters. The van der Waals surface area contributed by atoms with Crippen LogP contribution in [0, 0.1) is 11.3 Å². The molecule has 8 heteroatoms. The Balaban J connectivity index is 1.28. The van der Waals surface area contributed by atoms with E-state index in [0.717, 1.165) is 62.5 Å². The summed E-state index contributed by atoms with van der Waals surface area (Å²) in [4.78, 5) is 35.2. The Hall–Kier alpha value is -3.44. The second kappa shape index (κ2) is 10.9. The van der Waals surface area contributed by atoms with Crippen LogP contribution in [-0.4, -0.2) is 65.9 Å². The summed E-state index contributed by atoms with van der Waals surface area (Å²) in [5.41, 5.74) is 2.71. The third-order valence-corrected chi connectivity index (χ3v) is 6.29. The van der Waals surface area contributed by atoms with Crippen LogP contribution in [-0.2, 0) is 22.7 Å². The van der Waals surface area contributed by atoms with Crippen LogP contribution in [0.4, 0.5) is 5.82 Å². The van der Waals surface area contributed by atoms with E-state index in [1.165, 1.54) is 0 Å². The van der Waals surface area contributed by atoms with Crippen molar-refractivity contribution in [2.75, 3.05) is 44.2 Å². The van der Waals surface area contributed by atoms with Gasteiger partial charge in [0.25, 0.3) is 0 Å². The van der Waals surface area contributed by atoms with Gasteiger partial charge < -0.3 is 15.1 Å². The lowest BCUT2D eigenvalue weighted by Crippen LogP contribution is -2.39. The largest absolute Gasteiger partial charge is 0.354 e. The van der Waals surface area contributed by atoms with E-state index in [4.69, 9.17) is 0 Å². The number of hydrogen-bond acceptors (Lipinski definition) is 6. The van der Waals surface area contributed by atoms with Gasteiger partial charge in [-0.15, -0.1) is 0 Å². The van der Waals surface area contributed by atoms with Gasteiger partial charge in [0.1, 0.15) is 11.9 Å². The number of amides is 2. The summed E-state index contributed by atoms with van der Waals surface area (Å²) in [5.74, 6) is 0.919. The number of likely N-dealkylation sites (tertiary alicyclic amines) is 1. The van der Waals surface area contributed by atoms with Crippen molar-refractivity contribution in [2.24, 2.45) is 0 Å². The molecule has 3 heterocycles. The summed E-state index contributed by atoms with van der Waals surface area (Å²) in [6.45, 7) is 5.31. The topological polar surface area (TPSA) is 92.6 Å². The zero-order valence-electron chi connectivity index (χ0n) is 18.9. The normalized spacial score (nSPS) is 17.0. The van der Waals surface area contributed by atoms with Crippen molar-refractivity contribution in [1.29, 1.82) is 5.26 Å². The Morgan fingerprint density at radius 1 is 1.03 bits per heavy atom. The molecule has 8 nitrogen and oxygen atoms in total. The lowest BCUT2D eigenvalue weighted by Gasteiger charge is -2.23. The molecule has 0 aliphatic carbocycles. The molecule has 1 aromatic carbocycles. The summed E-state index contributed by atoms with van der Waals surface area (Å²) in [6, 6.07) is 13.8. The van der Waals surface area contributed by atoms with E-state index in [-0.39, 0.29) is 11.8 Å². The molecular weight excluding hydrogens is 416 g/mol. The standard InChI is InChI=1S/C25H30N6O2/c26-16-20-8-3-10-27-25(20)30-13-5-11-29(14-15-30)19-23(32)28-17-21-6-1-2-7-22(21)18-31-12-4-9-24(31)33/h1-3,6-8,10H,4-5,9,11-15,17-19H2,(H,28,32). The zero-order chi connectivity index (χ0) is 23.0. The molecule has 1 N–H and O–H groups in total. The van der Waals surface area contributed by atoms with Gasteiger partial charge in [-0.3, -0.25) is 14.5 Å². The number of carbonyl (C=O) groups excluding carboxylic acids is 2. The van der Waals surface area contributed by atoms with Crippen LogP contribution < -0.4 is 10.2 Å². The minimum Gasteiger partial charge on any atom is -0.354 e. The third kappa shape index (κ3) is 5.88. The van der Waals surface area contributed by atoms with Crippen LogP contribution in [0.3, 0.4) is 0 Å². The summed E-state index contributed by atoms with van der Waals surface area (Å²) >= 11 is 0. The van der Waals surface area contributed by atoms with Crippen molar-refractivity contribution in [3.8, 4) is 6.07 Å². The maximum atomic E-state index is 12.7.